The van der Waals surface area contributed by atoms with E-state index in [1.807, 2.05) is 30.3 Å². The molecule has 11 heteroatoms. The van der Waals surface area contributed by atoms with Crippen LogP contribution in [0.1, 0.15) is 83.1 Å². The van der Waals surface area contributed by atoms with Gasteiger partial charge in [-0.15, -0.1) is 9.24 Å². The fourth-order valence-electron chi connectivity index (χ4n) is 6.06. The maximum absolute atomic E-state index is 6.69. The molecule has 37 heavy (non-hydrogen) atoms. The molecule has 0 N–H and O–H groups in total. The van der Waals surface area contributed by atoms with E-state index in [-0.39, 0.29) is 22.2 Å². The smallest absolute Gasteiger partial charge is 0.0303 e. The zero-order valence-electron chi connectivity index (χ0n) is 26.5. The Kier molecular flexibility index (Phi) is 12.3. The van der Waals surface area contributed by atoms with E-state index in [1.54, 1.807) is 0 Å². The van der Waals surface area contributed by atoms with Gasteiger partial charge in [-0.05, 0) is 5.30 Å². The van der Waals surface area contributed by atoms with Crippen LogP contribution in [0.2, 0.25) is 26.2 Å². The maximum atomic E-state index is 6.69. The van der Waals surface area contributed by atoms with Gasteiger partial charge in [0, 0.05) is 0 Å². The summed E-state index contributed by atoms with van der Waals surface area (Å²) in [6.07, 6.45) is 0. The average Bonchev–Trinajstić information content (AvgIpc) is 2.56. The van der Waals surface area contributed by atoms with E-state index in [9.17, 15) is 0 Å². The minimum absolute atomic E-state index is 0.245. The van der Waals surface area contributed by atoms with Gasteiger partial charge in [0.1, 0.15) is 0 Å². The second-order valence-electron chi connectivity index (χ2n) is 15.0. The number of hydrogen-bond acceptors (Lipinski definition) is 4. The van der Waals surface area contributed by atoms with Gasteiger partial charge >= 0.3 is 210 Å². The third-order valence-electron chi connectivity index (χ3n) is 6.41. The Balaban J connectivity index is 0.000000295. The van der Waals surface area contributed by atoms with Crippen LogP contribution in [-0.2, 0) is 0 Å². The van der Waals surface area contributed by atoms with Gasteiger partial charge in [-0.1, -0.05) is 30.3 Å². The Morgan fingerprint density at radius 2 is 0.757 bits per heavy atom. The molecule has 1 aromatic rings. The van der Waals surface area contributed by atoms with Crippen molar-refractivity contribution < 1.29 is 0 Å². The molecule has 0 aliphatic carbocycles. The average molecular weight is 727 g/mol. The first-order valence-corrected chi connectivity index (χ1v) is 28.9. The molecule has 1 unspecified atom stereocenters. The summed E-state index contributed by atoms with van der Waals surface area (Å²) in [4.78, 5) is 0. The summed E-state index contributed by atoms with van der Waals surface area (Å²) < 4.78 is 10.6. The quantitative estimate of drug-likeness (QED) is 0.204. The second-order valence-corrected chi connectivity index (χ2v) is 36.7. The third-order valence-corrected chi connectivity index (χ3v) is 47.2. The van der Waals surface area contributed by atoms with Crippen molar-refractivity contribution in [1.82, 2.24) is 14.1 Å². The summed E-state index contributed by atoms with van der Waals surface area (Å²) in [6, 6.07) is 10.1. The first-order chi connectivity index (χ1) is 16.2. The van der Waals surface area contributed by atoms with Crippen molar-refractivity contribution in [2.45, 2.75) is 131 Å². The van der Waals surface area contributed by atoms with Crippen LogP contribution in [0.5, 0.6) is 0 Å². The normalized spacial score (nSPS) is 22.2. The Bertz CT molecular complexity index is 780. The summed E-state index contributed by atoms with van der Waals surface area (Å²) in [6.45, 7) is 37.1. The van der Waals surface area contributed by atoms with Crippen LogP contribution in [0.25, 0.3) is 0 Å². The molecule has 4 nitrogen and oxygen atoms in total. The van der Waals surface area contributed by atoms with E-state index >= 15 is 0 Å². The number of benzene rings is 1. The Morgan fingerprint density at radius 1 is 0.541 bits per heavy atom. The molecule has 0 bridgehead atoms. The van der Waals surface area contributed by atoms with Gasteiger partial charge in [-0.2, -0.15) is 0 Å². The van der Waals surface area contributed by atoms with Gasteiger partial charge in [0.2, 0.25) is 0 Å². The van der Waals surface area contributed by atoms with Crippen LogP contribution in [0.4, 0.5) is 0 Å². The number of halogens is 2. The zero-order valence-corrected chi connectivity index (χ0v) is 35.4. The summed E-state index contributed by atoms with van der Waals surface area (Å²) in [5.74, 6) is 0. The monoisotopic (exact) mass is 728 g/mol. The van der Waals surface area contributed by atoms with E-state index in [4.69, 9.17) is 20.0 Å². The molecule has 2 radical (unpaired) electrons. The summed E-state index contributed by atoms with van der Waals surface area (Å²) in [7, 11) is 13.1. The first kappa shape index (κ1) is 36.6. The van der Waals surface area contributed by atoms with E-state index in [0.717, 1.165) is 0 Å². The number of nitrogens with zero attached hydrogens (tertiary/aromatic N) is 4. The van der Waals surface area contributed by atoms with Crippen molar-refractivity contribution in [2.24, 2.45) is 0 Å². The topological polar surface area (TPSA) is 13.0 Å². The molecule has 3 rings (SSSR count). The zero-order chi connectivity index (χ0) is 29.6. The van der Waals surface area contributed by atoms with Crippen LogP contribution in [0.15, 0.2) is 30.3 Å². The SMILES string of the molecule is CC(C)(C)[N]1[Ge]([Cl])[N](C(C)(C)C)[Si]1(C)C.CC(C)(C)[N]1[Ge]([Cl])[N](C(C)(C)C)[Si]1(C)C.Pc1ccccc1. The van der Waals surface area contributed by atoms with Gasteiger partial charge in [-0.3, -0.25) is 0 Å². The minimum Gasteiger partial charge on any atom is -0.106 e. The molecule has 2 fully saturated rings. The Morgan fingerprint density at radius 3 is 0.865 bits per heavy atom. The molecule has 1 aromatic carbocycles. The molecule has 0 spiro atoms. The molecular weight excluding hydrogens is 672 g/mol. The second kappa shape index (κ2) is 12.4. The van der Waals surface area contributed by atoms with Crippen molar-refractivity contribution >= 4 is 79.1 Å². The standard InChI is InChI=1S/2C10H24ClGeN2Si.C6H7P/c2*1-9(2,3)13-12(11)14(10(4,5)6)15(13,7)8;7-6-4-2-1-3-5-6/h2*1-8H3;1-5H,7H2. The van der Waals surface area contributed by atoms with Gasteiger partial charge < -0.3 is 0 Å². The fourth-order valence-corrected chi connectivity index (χ4v) is 52.2. The minimum atomic E-state index is -1.66. The maximum Gasteiger partial charge on any atom is -0.0303 e. The third kappa shape index (κ3) is 8.79. The molecule has 2 aliphatic rings. The summed E-state index contributed by atoms with van der Waals surface area (Å²) in [5.41, 5.74) is 0.978. The molecule has 2 heterocycles. The fraction of sp³-hybridized carbons (Fsp3) is 0.769. The van der Waals surface area contributed by atoms with Crippen LogP contribution >= 0.6 is 29.3 Å². The predicted octanol–water partition coefficient (Wildman–Crippen LogP) is 7.44. The molecule has 2 saturated heterocycles. The molecule has 0 saturated carbocycles. The van der Waals surface area contributed by atoms with Crippen molar-refractivity contribution in [3.8, 4) is 0 Å². The van der Waals surface area contributed by atoms with Crippen molar-refractivity contribution in [3.05, 3.63) is 30.3 Å². The van der Waals surface area contributed by atoms with E-state index in [1.165, 1.54) is 5.30 Å². The largest absolute Gasteiger partial charge is 0.106 e. The summed E-state index contributed by atoms with van der Waals surface area (Å²) in [5, 5.41) is 1.24. The van der Waals surface area contributed by atoms with Gasteiger partial charge in [0.25, 0.3) is 0 Å². The molecule has 0 amide bonds. The van der Waals surface area contributed by atoms with Crippen LogP contribution < -0.4 is 5.30 Å². The van der Waals surface area contributed by atoms with Gasteiger partial charge in [0.15, 0.2) is 0 Å². The molecule has 1 atom stereocenters. The molecule has 2 aliphatic heterocycles. The van der Waals surface area contributed by atoms with E-state index < -0.39 is 44.5 Å². The number of rotatable bonds is 0. The van der Waals surface area contributed by atoms with Crippen molar-refractivity contribution in [2.75, 3.05) is 0 Å². The van der Waals surface area contributed by atoms with Crippen LogP contribution in [0, 0.1) is 0 Å². The molecule has 0 aromatic heterocycles. The van der Waals surface area contributed by atoms with Crippen molar-refractivity contribution in [1.29, 1.82) is 0 Å². The summed E-state index contributed by atoms with van der Waals surface area (Å²) >= 11 is -3.32. The van der Waals surface area contributed by atoms with Crippen LogP contribution in [-0.4, -0.2) is 80.8 Å². The van der Waals surface area contributed by atoms with Crippen molar-refractivity contribution in [3.63, 3.8) is 0 Å². The van der Waals surface area contributed by atoms with E-state index in [0.29, 0.717) is 0 Å². The molecule has 214 valence electrons. The Hall–Kier alpha value is 1.59. The predicted molar refractivity (Wildman–Crippen MR) is 180 cm³/mol. The van der Waals surface area contributed by atoms with Gasteiger partial charge in [0.05, 0.1) is 0 Å². The Labute approximate surface area is 253 Å². The van der Waals surface area contributed by atoms with E-state index in [2.05, 4.69) is 133 Å². The first-order valence-electron chi connectivity index (χ1n) is 13.3. The number of hydrogen-bond donors (Lipinski definition) is 0. The van der Waals surface area contributed by atoms with Gasteiger partial charge in [-0.25, -0.2) is 0 Å². The molecular formula is C26H55Cl2Ge2N4PSi2. The van der Waals surface area contributed by atoms with Crippen LogP contribution in [0.3, 0.4) is 0 Å².